The predicted molar refractivity (Wildman–Crippen MR) is 248 cm³/mol. The third-order valence-corrected chi connectivity index (χ3v) is 12.7. The first-order chi connectivity index (χ1) is 30.3. The van der Waals surface area contributed by atoms with Crippen LogP contribution in [-0.4, -0.2) is 109 Å². The maximum Gasteiger partial charge on any atom is 0.243 e. The number of primary amides is 1. The number of nitrogens with two attached hydrogens (primary N) is 1. The van der Waals surface area contributed by atoms with Crippen LogP contribution in [0.1, 0.15) is 115 Å². The number of carbonyl (C=O) groups excluding carboxylic acids is 5. The smallest absolute Gasteiger partial charge is 0.243 e. The molecule has 1 fully saturated rings. The van der Waals surface area contributed by atoms with Crippen molar-refractivity contribution < 1.29 is 29.2 Å². The average molecular weight is 874 g/mol. The number of nitrogens with one attached hydrogen (secondary N) is 1. The zero-order chi connectivity index (χ0) is 46.8. The lowest BCUT2D eigenvalue weighted by atomic mass is 9.79. The summed E-state index contributed by atoms with van der Waals surface area (Å²) in [5, 5.41) is 15.7. The molecule has 1 heterocycles. The van der Waals surface area contributed by atoms with Gasteiger partial charge in [-0.2, -0.15) is 5.06 Å². The number of piperidine rings is 1. The molecule has 5 rings (SSSR count). The van der Waals surface area contributed by atoms with Crippen molar-refractivity contribution in [1.82, 2.24) is 30.0 Å². The topological polar surface area (TPSA) is 160 Å². The quantitative estimate of drug-likeness (QED) is 0.0925. The average Bonchev–Trinajstić information content (AvgIpc) is 3.29. The molecule has 0 bridgehead atoms. The molecule has 1 saturated heterocycles. The van der Waals surface area contributed by atoms with Crippen molar-refractivity contribution in [3.05, 3.63) is 144 Å². The molecular formula is C51H67N7O6. The fraction of sp³-hybridized carbons (Fsp3) is 0.431. The van der Waals surface area contributed by atoms with Crippen LogP contribution < -0.4 is 11.1 Å². The van der Waals surface area contributed by atoms with Gasteiger partial charge >= 0.3 is 0 Å². The summed E-state index contributed by atoms with van der Waals surface area (Å²) >= 11 is 0. The highest BCUT2D eigenvalue weighted by Crippen LogP contribution is 2.37. The molecule has 0 radical (unpaired) electrons. The normalized spacial score (nSPS) is 16.7. The SMILES string of the molecule is C[C@@H](c1ccccc1)N(CC(N)=O)C(=O)CN(C(=O)CN(C(=O)CN(C(=O)CNC1CC(C)(C)N(O)C(C)(C)C1)[C@@H](C)c1ccccc1)[C@@H](C)c1ccccc1)[C@@H](C)c1ccccc1. The van der Waals surface area contributed by atoms with Gasteiger partial charge in [-0.1, -0.05) is 121 Å². The summed E-state index contributed by atoms with van der Waals surface area (Å²) in [6, 6.07) is 35.1. The van der Waals surface area contributed by atoms with Gasteiger partial charge in [0.05, 0.1) is 37.3 Å². The number of hydroxylamine groups is 2. The molecule has 0 spiro atoms. The maximum atomic E-state index is 15.0. The van der Waals surface area contributed by atoms with Crippen molar-refractivity contribution >= 4 is 29.5 Å². The Kier molecular flexibility index (Phi) is 16.6. The number of carbonyl (C=O) groups is 5. The Morgan fingerprint density at radius 2 is 0.797 bits per heavy atom. The van der Waals surface area contributed by atoms with Crippen LogP contribution in [0.15, 0.2) is 121 Å². The van der Waals surface area contributed by atoms with Crippen molar-refractivity contribution in [2.75, 3.05) is 32.7 Å². The molecular weight excluding hydrogens is 807 g/mol. The Labute approximate surface area is 379 Å². The van der Waals surface area contributed by atoms with Crippen LogP contribution in [0.2, 0.25) is 0 Å². The van der Waals surface area contributed by atoms with E-state index < -0.39 is 72.0 Å². The molecule has 1 aliphatic heterocycles. The van der Waals surface area contributed by atoms with E-state index in [0.717, 1.165) is 22.3 Å². The van der Waals surface area contributed by atoms with Crippen LogP contribution in [0.5, 0.6) is 0 Å². The minimum atomic E-state index is -0.694. The molecule has 64 heavy (non-hydrogen) atoms. The first-order valence-electron chi connectivity index (χ1n) is 22.2. The highest BCUT2D eigenvalue weighted by atomic mass is 16.5. The van der Waals surface area contributed by atoms with E-state index in [1.165, 1.54) is 19.8 Å². The molecule has 0 aliphatic carbocycles. The standard InChI is InChI=1S/C51H67N7O6/c1-36(40-21-13-9-14-22-40)54(32-45(52)59)47(61)34-56(38(3)42-25-17-11-18-26-42)49(63)35-57(39(4)43-27-19-12-20-28-43)48(62)33-55(37(2)41-23-15-10-16-24-41)46(60)31-53-44-29-50(5,6)58(64)51(7,8)30-44/h9-28,36-39,44,53,64H,29-35H2,1-8H3,(H2,52,59)/t36-,37-,38-,39-/m0/s1. The van der Waals surface area contributed by atoms with E-state index in [9.17, 15) is 29.2 Å². The zero-order valence-electron chi connectivity index (χ0n) is 38.7. The van der Waals surface area contributed by atoms with E-state index in [1.54, 1.807) is 4.90 Å². The van der Waals surface area contributed by atoms with Crippen molar-refractivity contribution in [3.63, 3.8) is 0 Å². The van der Waals surface area contributed by atoms with Gasteiger partial charge in [0.25, 0.3) is 0 Å². The maximum absolute atomic E-state index is 15.0. The first-order valence-corrected chi connectivity index (χ1v) is 22.2. The summed E-state index contributed by atoms with van der Waals surface area (Å²) in [4.78, 5) is 77.1. The van der Waals surface area contributed by atoms with Crippen LogP contribution in [-0.2, 0) is 24.0 Å². The molecule has 342 valence electrons. The molecule has 4 N–H and O–H groups in total. The van der Waals surface area contributed by atoms with Gasteiger partial charge in [0, 0.05) is 17.1 Å². The van der Waals surface area contributed by atoms with Gasteiger partial charge < -0.3 is 35.9 Å². The molecule has 1 aliphatic rings. The summed E-state index contributed by atoms with van der Waals surface area (Å²) in [5.41, 5.74) is 7.79. The molecule has 13 nitrogen and oxygen atoms in total. The van der Waals surface area contributed by atoms with Gasteiger partial charge in [-0.3, -0.25) is 24.0 Å². The molecule has 13 heteroatoms. The Morgan fingerprint density at radius 3 is 1.08 bits per heavy atom. The van der Waals surface area contributed by atoms with Crippen molar-refractivity contribution in [3.8, 4) is 0 Å². The highest BCUT2D eigenvalue weighted by molar-refractivity contribution is 5.92. The fourth-order valence-electron chi connectivity index (χ4n) is 9.04. The van der Waals surface area contributed by atoms with E-state index in [-0.39, 0.29) is 31.6 Å². The molecule has 0 unspecified atom stereocenters. The van der Waals surface area contributed by atoms with Crippen LogP contribution >= 0.6 is 0 Å². The van der Waals surface area contributed by atoms with Gasteiger partial charge in [0.15, 0.2) is 0 Å². The lowest BCUT2D eigenvalue weighted by Crippen LogP contribution is -2.63. The largest absolute Gasteiger partial charge is 0.368 e. The van der Waals surface area contributed by atoms with Crippen LogP contribution in [0.3, 0.4) is 0 Å². The molecule has 0 aromatic heterocycles. The lowest BCUT2D eigenvalue weighted by Gasteiger charge is -2.51. The van der Waals surface area contributed by atoms with E-state index in [2.05, 4.69) is 5.32 Å². The number of nitrogens with zero attached hydrogens (tertiary/aromatic N) is 5. The summed E-state index contributed by atoms with van der Waals surface area (Å²) in [6.45, 7) is 13.7. The number of amides is 5. The first kappa shape index (κ1) is 49.1. The van der Waals surface area contributed by atoms with Crippen molar-refractivity contribution in [2.45, 2.75) is 110 Å². The number of rotatable bonds is 19. The minimum absolute atomic E-state index is 0.0481. The predicted octanol–water partition coefficient (Wildman–Crippen LogP) is 6.83. The summed E-state index contributed by atoms with van der Waals surface area (Å²) in [5.74, 6) is -2.43. The minimum Gasteiger partial charge on any atom is -0.368 e. The van der Waals surface area contributed by atoms with Crippen molar-refractivity contribution in [2.24, 2.45) is 5.73 Å². The fourth-order valence-corrected chi connectivity index (χ4v) is 9.04. The summed E-state index contributed by atoms with van der Waals surface area (Å²) in [6.07, 6.45) is 1.20. The second-order valence-electron chi connectivity index (χ2n) is 18.3. The Bertz CT molecular complexity index is 2150. The van der Waals surface area contributed by atoms with Crippen LogP contribution in [0.4, 0.5) is 0 Å². The molecule has 0 saturated carbocycles. The lowest BCUT2D eigenvalue weighted by molar-refractivity contribution is -0.246. The second-order valence-corrected chi connectivity index (χ2v) is 18.3. The van der Waals surface area contributed by atoms with E-state index in [1.807, 2.05) is 177 Å². The summed E-state index contributed by atoms with van der Waals surface area (Å²) < 4.78 is 0. The Hall–Kier alpha value is -5.89. The zero-order valence-corrected chi connectivity index (χ0v) is 38.7. The van der Waals surface area contributed by atoms with E-state index in [4.69, 9.17) is 5.73 Å². The van der Waals surface area contributed by atoms with Crippen molar-refractivity contribution in [1.29, 1.82) is 0 Å². The van der Waals surface area contributed by atoms with Gasteiger partial charge in [-0.25, -0.2) is 0 Å². The third kappa shape index (κ3) is 12.4. The monoisotopic (exact) mass is 874 g/mol. The Morgan fingerprint density at radius 1 is 0.531 bits per heavy atom. The second kappa shape index (κ2) is 21.7. The molecule has 5 amide bonds. The van der Waals surface area contributed by atoms with Gasteiger partial charge in [0.2, 0.25) is 29.5 Å². The van der Waals surface area contributed by atoms with E-state index >= 15 is 0 Å². The van der Waals surface area contributed by atoms with Crippen LogP contribution in [0, 0.1) is 0 Å². The van der Waals surface area contributed by atoms with Gasteiger partial charge in [-0.05, 0) is 90.5 Å². The van der Waals surface area contributed by atoms with Gasteiger partial charge in [-0.15, -0.1) is 0 Å². The van der Waals surface area contributed by atoms with E-state index in [0.29, 0.717) is 12.8 Å². The molecule has 4 aromatic rings. The summed E-state index contributed by atoms with van der Waals surface area (Å²) in [7, 11) is 0. The highest BCUT2D eigenvalue weighted by Gasteiger charge is 2.45. The number of benzene rings is 4. The Balaban J connectivity index is 1.47. The molecule has 4 aromatic carbocycles. The van der Waals surface area contributed by atoms with Crippen LogP contribution in [0.25, 0.3) is 0 Å². The number of hydrogen-bond donors (Lipinski definition) is 3. The third-order valence-electron chi connectivity index (χ3n) is 12.7. The number of hydrogen-bond acceptors (Lipinski definition) is 8. The van der Waals surface area contributed by atoms with Gasteiger partial charge in [0.1, 0.15) is 19.6 Å². The molecule has 4 atom stereocenters.